The van der Waals surface area contributed by atoms with Gasteiger partial charge >= 0.3 is 12.4 Å². The molecule has 258 valence electrons. The summed E-state index contributed by atoms with van der Waals surface area (Å²) >= 11 is 0. The highest BCUT2D eigenvalue weighted by Gasteiger charge is 2.49. The van der Waals surface area contributed by atoms with Gasteiger partial charge in [-0.1, -0.05) is 0 Å². The number of rotatable bonds is 3. The van der Waals surface area contributed by atoms with E-state index in [0.717, 1.165) is 6.07 Å². The second kappa shape index (κ2) is 12.2. The molecule has 0 radical (unpaired) electrons. The van der Waals surface area contributed by atoms with Crippen LogP contribution in [0.15, 0.2) is 16.7 Å². The van der Waals surface area contributed by atoms with Crippen molar-refractivity contribution in [1.29, 1.82) is 15.8 Å². The summed E-state index contributed by atoms with van der Waals surface area (Å²) < 4.78 is 254. The zero-order valence-electron chi connectivity index (χ0n) is 22.6. The highest BCUT2D eigenvalue weighted by atomic mass is 19.4. The maximum absolute atomic E-state index is 15.0. The molecule has 1 aliphatic carbocycles. The van der Waals surface area contributed by atoms with E-state index in [-0.39, 0.29) is 0 Å². The van der Waals surface area contributed by atoms with Crippen LogP contribution in [0.5, 0.6) is 0 Å². The Morgan fingerprint density at radius 1 is 0.380 bits per heavy atom. The molecule has 0 aliphatic heterocycles. The van der Waals surface area contributed by atoms with Gasteiger partial charge in [0.2, 0.25) is 0 Å². The monoisotopic (exact) mass is 734 g/mol. The molecular weight excluding hydrogens is 734 g/mol. The van der Waals surface area contributed by atoms with Crippen molar-refractivity contribution in [2.45, 2.75) is 12.4 Å². The third-order valence-electron chi connectivity index (χ3n) is 6.61. The van der Waals surface area contributed by atoms with Crippen LogP contribution in [0.3, 0.4) is 0 Å². The minimum atomic E-state index is -6.19. The lowest BCUT2D eigenvalue weighted by Gasteiger charge is -2.14. The summed E-state index contributed by atoms with van der Waals surface area (Å²) in [5.41, 5.74) is -25.2. The molecule has 1 aliphatic rings. The molecule has 2 aromatic carbocycles. The zero-order chi connectivity index (χ0) is 38.1. The second-order valence-electron chi connectivity index (χ2n) is 9.29. The first-order valence-corrected chi connectivity index (χ1v) is 12.0. The van der Waals surface area contributed by atoms with Gasteiger partial charge in [-0.25, -0.2) is 43.9 Å². The summed E-state index contributed by atoms with van der Waals surface area (Å²) in [6, 6.07) is 2.17. The van der Waals surface area contributed by atoms with Crippen molar-refractivity contribution in [3.8, 4) is 18.2 Å². The van der Waals surface area contributed by atoms with Gasteiger partial charge in [0.15, 0.2) is 58.2 Å². The summed E-state index contributed by atoms with van der Waals surface area (Å²) in [4.78, 5) is 2.11. The minimum Gasteiger partial charge on any atom is -0.203 e. The van der Waals surface area contributed by atoms with Gasteiger partial charge in [0.05, 0.1) is 33.4 Å². The first-order chi connectivity index (χ1) is 23.0. The largest absolute Gasteiger partial charge is 0.422 e. The van der Waals surface area contributed by atoms with E-state index < -0.39 is 144 Å². The summed E-state index contributed by atoms with van der Waals surface area (Å²) in [7, 11) is 0. The SMILES string of the molecule is N#CC(=C1C(=C(C#N)c2c(F)c(F)c(C(F)(F)F)c(F)c2F)C1=C(C#N)c1c(F)c(F)c(C(F)(F)F)c(F)c1F)c1c(F)c(F)nc(F)c1F. The van der Waals surface area contributed by atoms with Gasteiger partial charge < -0.3 is 0 Å². The molecule has 0 amide bonds. The lowest BCUT2D eigenvalue weighted by Crippen LogP contribution is -2.17. The van der Waals surface area contributed by atoms with Crippen LogP contribution in [-0.2, 0) is 12.4 Å². The first-order valence-electron chi connectivity index (χ1n) is 12.0. The van der Waals surface area contributed by atoms with E-state index in [2.05, 4.69) is 4.98 Å². The van der Waals surface area contributed by atoms with E-state index in [1.807, 2.05) is 0 Å². The van der Waals surface area contributed by atoms with E-state index in [1.54, 1.807) is 0 Å². The molecule has 50 heavy (non-hydrogen) atoms. The Morgan fingerprint density at radius 2 is 0.600 bits per heavy atom. The van der Waals surface area contributed by atoms with Crippen LogP contribution in [0, 0.1) is 104 Å². The Morgan fingerprint density at radius 3 is 0.800 bits per heavy atom. The van der Waals surface area contributed by atoms with Gasteiger partial charge in [-0.2, -0.15) is 55.9 Å². The van der Waals surface area contributed by atoms with E-state index in [0.29, 0.717) is 12.1 Å². The van der Waals surface area contributed by atoms with Crippen LogP contribution in [0.2, 0.25) is 0 Å². The molecule has 4 nitrogen and oxygen atoms in total. The minimum absolute atomic E-state index is 0.694. The van der Waals surface area contributed by atoms with E-state index in [9.17, 15) is 94.8 Å². The van der Waals surface area contributed by atoms with Crippen molar-refractivity contribution in [2.24, 2.45) is 0 Å². The highest BCUT2D eigenvalue weighted by molar-refractivity contribution is 6.12. The van der Waals surface area contributed by atoms with Crippen molar-refractivity contribution in [3.63, 3.8) is 0 Å². The number of pyridine rings is 1. The quantitative estimate of drug-likeness (QED) is 0.116. The predicted molar refractivity (Wildman–Crippen MR) is 124 cm³/mol. The molecular formula is C28F18N4. The Hall–Kier alpha value is -5.98. The van der Waals surface area contributed by atoms with Crippen molar-refractivity contribution in [3.05, 3.63) is 115 Å². The summed E-state index contributed by atoms with van der Waals surface area (Å²) in [6.07, 6.45) is -12.4. The number of nitriles is 3. The Bertz CT molecular complexity index is 2090. The van der Waals surface area contributed by atoms with Gasteiger partial charge in [-0.05, 0) is 0 Å². The number of benzene rings is 2. The fourth-order valence-electron chi connectivity index (χ4n) is 4.55. The van der Waals surface area contributed by atoms with E-state index in [4.69, 9.17) is 0 Å². The molecule has 0 saturated heterocycles. The molecule has 0 N–H and O–H groups in total. The van der Waals surface area contributed by atoms with Gasteiger partial charge in [0.1, 0.15) is 29.3 Å². The fraction of sp³-hybridized carbons (Fsp3) is 0.0714. The normalized spacial score (nSPS) is 15.0. The Kier molecular flexibility index (Phi) is 8.97. The van der Waals surface area contributed by atoms with Crippen LogP contribution in [0.4, 0.5) is 79.0 Å². The first kappa shape index (κ1) is 36.8. The Labute approximate surface area is 262 Å². The fourth-order valence-corrected chi connectivity index (χ4v) is 4.55. The smallest absolute Gasteiger partial charge is 0.203 e. The van der Waals surface area contributed by atoms with Crippen molar-refractivity contribution >= 4 is 16.7 Å². The molecule has 22 heteroatoms. The van der Waals surface area contributed by atoms with Crippen LogP contribution >= 0.6 is 0 Å². The number of halogens is 18. The van der Waals surface area contributed by atoms with Crippen molar-refractivity contribution in [1.82, 2.24) is 4.98 Å². The average molecular weight is 734 g/mol. The molecule has 1 aromatic heterocycles. The molecule has 0 bridgehead atoms. The molecule has 1 fully saturated rings. The third-order valence-corrected chi connectivity index (χ3v) is 6.61. The van der Waals surface area contributed by atoms with Gasteiger partial charge in [-0.15, -0.1) is 0 Å². The van der Waals surface area contributed by atoms with Crippen molar-refractivity contribution < 1.29 is 79.0 Å². The van der Waals surface area contributed by atoms with Crippen LogP contribution in [-0.4, -0.2) is 4.98 Å². The summed E-state index contributed by atoms with van der Waals surface area (Å²) in [5.74, 6) is -36.0. The summed E-state index contributed by atoms with van der Waals surface area (Å²) in [6.45, 7) is 0. The van der Waals surface area contributed by atoms with Gasteiger partial charge in [0, 0.05) is 16.7 Å². The van der Waals surface area contributed by atoms with Crippen molar-refractivity contribution in [2.75, 3.05) is 0 Å². The number of aromatic nitrogens is 1. The maximum atomic E-state index is 15.0. The molecule has 0 unspecified atom stereocenters. The topological polar surface area (TPSA) is 84.3 Å². The Balaban J connectivity index is 2.35. The van der Waals surface area contributed by atoms with E-state index >= 15 is 0 Å². The number of allylic oxidation sites excluding steroid dienone is 6. The lowest BCUT2D eigenvalue weighted by atomic mass is 9.98. The van der Waals surface area contributed by atoms with Crippen LogP contribution < -0.4 is 0 Å². The summed E-state index contributed by atoms with van der Waals surface area (Å²) in [5, 5.41) is 29.0. The average Bonchev–Trinajstić information content (AvgIpc) is 3.73. The second-order valence-corrected chi connectivity index (χ2v) is 9.29. The number of nitrogens with zero attached hydrogens (tertiary/aromatic N) is 4. The lowest BCUT2D eigenvalue weighted by molar-refractivity contribution is -0.144. The molecule has 1 saturated carbocycles. The predicted octanol–water partition coefficient (Wildman–Crippen LogP) is 9.03. The molecule has 1 heterocycles. The van der Waals surface area contributed by atoms with Gasteiger partial charge in [-0.3, -0.25) is 0 Å². The number of hydrogen-bond acceptors (Lipinski definition) is 4. The third kappa shape index (κ3) is 5.44. The number of alkyl halides is 6. The van der Waals surface area contributed by atoms with Gasteiger partial charge in [0.25, 0.3) is 11.9 Å². The molecule has 3 aromatic rings. The molecule has 0 atom stereocenters. The zero-order valence-corrected chi connectivity index (χ0v) is 22.6. The van der Waals surface area contributed by atoms with Crippen LogP contribution in [0.25, 0.3) is 16.7 Å². The van der Waals surface area contributed by atoms with Crippen LogP contribution in [0.1, 0.15) is 27.8 Å². The molecule has 4 rings (SSSR count). The number of hydrogen-bond donors (Lipinski definition) is 0. The highest BCUT2D eigenvalue weighted by Crippen LogP contribution is 2.57. The standard InChI is InChI=1S/C28F18N4/c29-15-10(16(30)22(36)13(21(15)35)27(41,42)43)4(1-47)7-8(9(7)6(3-49)12-19(33)25(39)50-26(40)20(12)34)5(2-48)11-17(31)23(37)14(28(44,45)46)24(38)18(11)32. The van der Waals surface area contributed by atoms with E-state index in [1.165, 1.54) is 0 Å². The molecule has 0 spiro atoms. The maximum Gasteiger partial charge on any atom is 0.422 e.